The standard InChI is InChI=1S/C24H23FN6O2/c1-13-20-7-17(25)3-4-19(20)22-16(10-30(2)29-22)5-14-9-28-31(18-11-32-12-18)23(14)15-6-21(33-13)24(26)27-8-15/h3-4,6-10,13,18H,5,11-12H2,1-2H3,(H2,26,27). The molecule has 0 saturated carbocycles. The van der Waals surface area contributed by atoms with Crippen molar-refractivity contribution in [1.82, 2.24) is 24.5 Å². The Hall–Kier alpha value is -3.72. The molecule has 2 bridgehead atoms. The van der Waals surface area contributed by atoms with Crippen molar-refractivity contribution in [1.29, 1.82) is 0 Å². The highest BCUT2D eigenvalue weighted by Gasteiger charge is 2.28. The number of ether oxygens (including phenoxy) is 2. The minimum Gasteiger partial charge on any atom is -0.482 e. The Morgan fingerprint density at radius 2 is 2.00 bits per heavy atom. The molecule has 0 aliphatic carbocycles. The molecule has 0 spiro atoms. The quantitative estimate of drug-likeness (QED) is 0.480. The molecule has 0 radical (unpaired) electrons. The van der Waals surface area contributed by atoms with Gasteiger partial charge in [-0.15, -0.1) is 0 Å². The first-order chi connectivity index (χ1) is 16.0. The van der Waals surface area contributed by atoms with Crippen molar-refractivity contribution < 1.29 is 13.9 Å². The number of pyridine rings is 1. The smallest absolute Gasteiger partial charge is 0.166 e. The van der Waals surface area contributed by atoms with Gasteiger partial charge >= 0.3 is 0 Å². The van der Waals surface area contributed by atoms with Crippen molar-refractivity contribution in [3.05, 3.63) is 65.4 Å². The van der Waals surface area contributed by atoms with Crippen LogP contribution in [0.25, 0.3) is 22.5 Å². The number of nitrogens with zero attached hydrogens (tertiary/aromatic N) is 5. The minimum atomic E-state index is -0.478. The molecular formula is C24H23FN6O2. The third-order valence-corrected chi connectivity index (χ3v) is 6.29. The molecular weight excluding hydrogens is 423 g/mol. The molecule has 1 fully saturated rings. The van der Waals surface area contributed by atoms with Crippen LogP contribution in [0, 0.1) is 5.82 Å². The van der Waals surface area contributed by atoms with Gasteiger partial charge in [-0.2, -0.15) is 10.2 Å². The van der Waals surface area contributed by atoms with E-state index in [1.807, 2.05) is 37.1 Å². The molecule has 2 N–H and O–H groups in total. The van der Waals surface area contributed by atoms with Crippen molar-refractivity contribution in [2.45, 2.75) is 25.5 Å². The van der Waals surface area contributed by atoms with Crippen molar-refractivity contribution in [3.63, 3.8) is 0 Å². The lowest BCUT2D eigenvalue weighted by Crippen LogP contribution is -2.31. The predicted octanol–water partition coefficient (Wildman–Crippen LogP) is 3.68. The van der Waals surface area contributed by atoms with Crippen molar-refractivity contribution >= 4 is 5.82 Å². The van der Waals surface area contributed by atoms with E-state index in [-0.39, 0.29) is 17.7 Å². The summed E-state index contributed by atoms with van der Waals surface area (Å²) in [5.74, 6) is 0.388. The van der Waals surface area contributed by atoms with Gasteiger partial charge in [0, 0.05) is 53.7 Å². The Bertz CT molecular complexity index is 1370. The monoisotopic (exact) mass is 446 g/mol. The van der Waals surface area contributed by atoms with Crippen LogP contribution in [0.2, 0.25) is 0 Å². The highest BCUT2D eigenvalue weighted by atomic mass is 19.1. The molecule has 3 aromatic heterocycles. The molecule has 1 atom stereocenters. The number of aromatic nitrogens is 5. The molecule has 168 valence electrons. The number of hydrogen-bond acceptors (Lipinski definition) is 6. The van der Waals surface area contributed by atoms with Crippen LogP contribution in [0.4, 0.5) is 10.2 Å². The normalized spacial score (nSPS) is 17.6. The number of rotatable bonds is 1. The zero-order valence-corrected chi connectivity index (χ0v) is 18.3. The minimum absolute atomic E-state index is 0.166. The average Bonchev–Trinajstić information content (AvgIpc) is 3.31. The van der Waals surface area contributed by atoms with Gasteiger partial charge in [0.1, 0.15) is 11.9 Å². The van der Waals surface area contributed by atoms with Gasteiger partial charge in [-0.25, -0.2) is 9.37 Å². The van der Waals surface area contributed by atoms with E-state index in [4.69, 9.17) is 25.4 Å². The topological polar surface area (TPSA) is 93.0 Å². The fraction of sp³-hybridized carbons (Fsp3) is 0.292. The van der Waals surface area contributed by atoms with Gasteiger partial charge < -0.3 is 15.2 Å². The van der Waals surface area contributed by atoms with E-state index in [1.54, 1.807) is 16.9 Å². The molecule has 8 nitrogen and oxygen atoms in total. The lowest BCUT2D eigenvalue weighted by Gasteiger charge is -2.28. The molecule has 1 unspecified atom stereocenters. The van der Waals surface area contributed by atoms with Crippen LogP contribution >= 0.6 is 0 Å². The summed E-state index contributed by atoms with van der Waals surface area (Å²) in [5.41, 5.74) is 12.4. The second-order valence-corrected chi connectivity index (χ2v) is 8.61. The number of hydrogen-bond donors (Lipinski definition) is 1. The Morgan fingerprint density at radius 3 is 2.79 bits per heavy atom. The summed E-state index contributed by atoms with van der Waals surface area (Å²) < 4.78 is 29.7. The zero-order valence-electron chi connectivity index (χ0n) is 18.3. The van der Waals surface area contributed by atoms with E-state index in [1.165, 1.54) is 12.1 Å². The van der Waals surface area contributed by atoms with Gasteiger partial charge in [-0.3, -0.25) is 9.36 Å². The van der Waals surface area contributed by atoms with Crippen molar-refractivity contribution in [2.24, 2.45) is 7.05 Å². The number of fused-ring (bicyclic) bond motifs is 7. The number of aryl methyl sites for hydroxylation is 1. The molecule has 33 heavy (non-hydrogen) atoms. The van der Waals surface area contributed by atoms with Gasteiger partial charge in [-0.05, 0) is 31.2 Å². The maximum absolute atomic E-state index is 14.3. The summed E-state index contributed by atoms with van der Waals surface area (Å²) in [6.07, 6.45) is 5.76. The van der Waals surface area contributed by atoms with E-state index in [9.17, 15) is 4.39 Å². The fourth-order valence-corrected chi connectivity index (χ4v) is 4.60. The second kappa shape index (κ2) is 7.41. The van der Waals surface area contributed by atoms with Crippen LogP contribution in [0.3, 0.4) is 0 Å². The van der Waals surface area contributed by atoms with Crippen LogP contribution < -0.4 is 10.5 Å². The largest absolute Gasteiger partial charge is 0.482 e. The van der Waals surface area contributed by atoms with E-state index < -0.39 is 6.10 Å². The Kier molecular flexibility index (Phi) is 4.48. The number of nitrogen functional groups attached to an aromatic ring is 1. The van der Waals surface area contributed by atoms with Crippen LogP contribution in [0.1, 0.15) is 35.8 Å². The molecule has 1 aromatic carbocycles. The van der Waals surface area contributed by atoms with Crippen molar-refractivity contribution in [2.75, 3.05) is 18.9 Å². The zero-order chi connectivity index (χ0) is 22.7. The molecule has 2 aliphatic rings. The lowest BCUT2D eigenvalue weighted by atomic mass is 9.94. The highest BCUT2D eigenvalue weighted by molar-refractivity contribution is 5.72. The fourth-order valence-electron chi connectivity index (χ4n) is 4.60. The third-order valence-electron chi connectivity index (χ3n) is 6.29. The van der Waals surface area contributed by atoms with Crippen LogP contribution in [0.15, 0.2) is 42.9 Å². The van der Waals surface area contributed by atoms with Crippen LogP contribution in [-0.2, 0) is 18.2 Å². The average molecular weight is 446 g/mol. The van der Waals surface area contributed by atoms with Gasteiger partial charge in [0.25, 0.3) is 0 Å². The van der Waals surface area contributed by atoms with E-state index in [0.717, 1.165) is 33.6 Å². The summed E-state index contributed by atoms with van der Waals surface area (Å²) >= 11 is 0. The maximum Gasteiger partial charge on any atom is 0.166 e. The van der Waals surface area contributed by atoms with Gasteiger partial charge in [-0.1, -0.05) is 0 Å². The van der Waals surface area contributed by atoms with Gasteiger partial charge in [0.2, 0.25) is 0 Å². The summed E-state index contributed by atoms with van der Waals surface area (Å²) in [6, 6.07) is 6.76. The van der Waals surface area contributed by atoms with E-state index in [0.29, 0.717) is 30.9 Å². The number of benzene rings is 1. The number of halogens is 1. The highest BCUT2D eigenvalue weighted by Crippen LogP contribution is 2.39. The number of anilines is 1. The molecule has 2 aliphatic heterocycles. The lowest BCUT2D eigenvalue weighted by molar-refractivity contribution is -0.0278. The first-order valence-electron chi connectivity index (χ1n) is 10.9. The summed E-state index contributed by atoms with van der Waals surface area (Å²) in [6.45, 7) is 3.11. The Balaban J connectivity index is 1.62. The summed E-state index contributed by atoms with van der Waals surface area (Å²) in [5, 5.41) is 9.43. The Morgan fingerprint density at radius 1 is 1.15 bits per heavy atom. The SMILES string of the molecule is CC1Oc2cc(cnc2N)-c2c(cnn2C2COC2)Cc2cn(C)nc2-c2ccc(F)cc21. The Labute approximate surface area is 189 Å². The molecule has 4 aromatic rings. The van der Waals surface area contributed by atoms with Gasteiger partial charge in [0.15, 0.2) is 11.6 Å². The van der Waals surface area contributed by atoms with Crippen molar-refractivity contribution in [3.8, 4) is 28.3 Å². The number of nitrogens with two attached hydrogens (primary N) is 1. The first kappa shape index (κ1) is 19.9. The molecule has 9 heteroatoms. The maximum atomic E-state index is 14.3. The molecule has 5 heterocycles. The summed E-state index contributed by atoms with van der Waals surface area (Å²) in [7, 11) is 1.89. The summed E-state index contributed by atoms with van der Waals surface area (Å²) in [4.78, 5) is 4.40. The third kappa shape index (κ3) is 3.27. The van der Waals surface area contributed by atoms with E-state index in [2.05, 4.69) is 4.98 Å². The molecule has 6 rings (SSSR count). The first-order valence-corrected chi connectivity index (χ1v) is 10.9. The van der Waals surface area contributed by atoms with Crippen LogP contribution in [-0.4, -0.2) is 37.8 Å². The van der Waals surface area contributed by atoms with Crippen LogP contribution in [0.5, 0.6) is 5.75 Å². The van der Waals surface area contributed by atoms with E-state index >= 15 is 0 Å². The molecule has 1 saturated heterocycles. The predicted molar refractivity (Wildman–Crippen MR) is 120 cm³/mol. The molecule has 0 amide bonds. The second-order valence-electron chi connectivity index (χ2n) is 8.61. The van der Waals surface area contributed by atoms with Gasteiger partial charge in [0.05, 0.1) is 36.8 Å².